The zero-order valence-electron chi connectivity index (χ0n) is 23.9. The van der Waals surface area contributed by atoms with E-state index in [-0.39, 0.29) is 17.9 Å². The number of aliphatic hydroxyl groups excluding tert-OH is 2. The Morgan fingerprint density at radius 2 is 1.09 bits per heavy atom. The Kier molecular flexibility index (Phi) is 8.68. The molecule has 0 saturated carbocycles. The van der Waals surface area contributed by atoms with Crippen molar-refractivity contribution >= 4 is 47.8 Å². The first kappa shape index (κ1) is 29.8. The summed E-state index contributed by atoms with van der Waals surface area (Å²) in [5.74, 6) is 0.393. The van der Waals surface area contributed by atoms with Crippen LogP contribution in [0.1, 0.15) is 46.9 Å². The number of rotatable bonds is 8. The second-order valence-electron chi connectivity index (χ2n) is 12.2. The number of benzene rings is 4. The maximum atomic E-state index is 11.3. The molecule has 0 aromatic heterocycles. The van der Waals surface area contributed by atoms with E-state index in [1.807, 2.05) is 0 Å². The van der Waals surface area contributed by atoms with E-state index in [0.29, 0.717) is 19.5 Å². The molecule has 3 aliphatic rings. The minimum atomic E-state index is -0.428. The van der Waals surface area contributed by atoms with Gasteiger partial charge in [0, 0.05) is 64.5 Å². The fourth-order valence-electron chi connectivity index (χ4n) is 7.59. The van der Waals surface area contributed by atoms with Crippen LogP contribution < -0.4 is 0 Å². The van der Waals surface area contributed by atoms with Gasteiger partial charge in [-0.25, -0.2) is 0 Å². The average molecular weight is 767 g/mol. The smallest absolute Gasteiger partial charge is 0.0676 e. The Balaban J connectivity index is 0.946. The molecule has 0 amide bonds. The Morgan fingerprint density at radius 3 is 1.70 bits per heavy atom. The number of piperazine rings is 1. The van der Waals surface area contributed by atoms with E-state index in [1.165, 1.54) is 44.5 Å². The molecule has 1 saturated heterocycles. The first-order chi connectivity index (χ1) is 20.9. The highest BCUT2D eigenvalue weighted by atomic mass is 79.9. The first-order valence-corrected chi connectivity index (χ1v) is 17.5. The topological polar surface area (TPSA) is 46.9 Å². The van der Waals surface area contributed by atoms with Crippen LogP contribution in [0.15, 0.2) is 92.3 Å². The molecule has 222 valence electrons. The van der Waals surface area contributed by atoms with Gasteiger partial charge in [0.05, 0.1) is 12.2 Å². The van der Waals surface area contributed by atoms with E-state index in [9.17, 15) is 10.2 Å². The third-order valence-electron chi connectivity index (χ3n) is 9.50. The molecule has 43 heavy (non-hydrogen) atoms. The zero-order valence-corrected chi connectivity index (χ0v) is 28.7. The Labute approximate surface area is 279 Å². The van der Waals surface area contributed by atoms with E-state index in [0.717, 1.165) is 46.0 Å². The summed E-state index contributed by atoms with van der Waals surface area (Å²) in [5.41, 5.74) is 10.3. The van der Waals surface area contributed by atoms with E-state index in [4.69, 9.17) is 0 Å². The largest absolute Gasteiger partial charge is 0.392 e. The molecule has 4 nitrogen and oxygen atoms in total. The Morgan fingerprint density at radius 1 is 0.581 bits per heavy atom. The third kappa shape index (κ3) is 5.95. The summed E-state index contributed by atoms with van der Waals surface area (Å²) >= 11 is 11.1. The maximum Gasteiger partial charge on any atom is 0.0676 e. The summed E-state index contributed by atoms with van der Waals surface area (Å²) in [4.78, 5) is 4.77. The number of aliphatic hydroxyl groups is 2. The maximum absolute atomic E-state index is 11.3. The van der Waals surface area contributed by atoms with E-state index in [2.05, 4.69) is 136 Å². The molecule has 1 heterocycles. The third-order valence-corrected chi connectivity index (χ3v) is 11.1. The van der Waals surface area contributed by atoms with Crippen LogP contribution in [-0.4, -0.2) is 71.5 Å². The van der Waals surface area contributed by atoms with Crippen molar-refractivity contribution in [3.05, 3.63) is 115 Å². The van der Waals surface area contributed by atoms with Crippen molar-refractivity contribution in [2.45, 2.75) is 36.9 Å². The summed E-state index contributed by atoms with van der Waals surface area (Å²) < 4.78 is 3.19. The molecule has 2 aliphatic carbocycles. The minimum absolute atomic E-state index is 0.151. The number of β-amino-alcohol motifs (C(OH)–C–C–N with tert-alkyl or cyclic N) is 2. The molecule has 1 aliphatic heterocycles. The lowest BCUT2D eigenvalue weighted by atomic mass is 9.90. The van der Waals surface area contributed by atoms with Gasteiger partial charge < -0.3 is 10.2 Å². The lowest BCUT2D eigenvalue weighted by Crippen LogP contribution is -2.50. The molecular formula is C36H35Br3N2O2. The van der Waals surface area contributed by atoms with Crippen molar-refractivity contribution in [2.75, 3.05) is 39.3 Å². The number of halogens is 3. The number of nitrogens with zero attached hydrogens (tertiary/aromatic N) is 2. The summed E-state index contributed by atoms with van der Waals surface area (Å²) in [6.07, 6.45) is 0.607. The van der Waals surface area contributed by atoms with Gasteiger partial charge >= 0.3 is 0 Å². The molecule has 0 spiro atoms. The van der Waals surface area contributed by atoms with E-state index in [1.54, 1.807) is 0 Å². The van der Waals surface area contributed by atoms with Crippen LogP contribution in [0.2, 0.25) is 0 Å². The van der Waals surface area contributed by atoms with Crippen molar-refractivity contribution < 1.29 is 10.2 Å². The first-order valence-electron chi connectivity index (χ1n) is 15.1. The molecule has 7 rings (SSSR count). The highest BCUT2D eigenvalue weighted by molar-refractivity contribution is 9.11. The van der Waals surface area contributed by atoms with Gasteiger partial charge in [-0.1, -0.05) is 102 Å². The Hall–Kier alpha value is -1.84. The zero-order chi connectivity index (χ0) is 29.7. The quantitative estimate of drug-likeness (QED) is 0.191. The average Bonchev–Trinajstić information content (AvgIpc) is 3.46. The van der Waals surface area contributed by atoms with Crippen molar-refractivity contribution in [2.24, 2.45) is 0 Å². The predicted octanol–water partition coefficient (Wildman–Crippen LogP) is 8.02. The van der Waals surface area contributed by atoms with Crippen LogP contribution in [0.4, 0.5) is 0 Å². The van der Waals surface area contributed by atoms with Crippen molar-refractivity contribution in [1.82, 2.24) is 9.80 Å². The van der Waals surface area contributed by atoms with Crippen LogP contribution >= 0.6 is 47.8 Å². The van der Waals surface area contributed by atoms with Crippen molar-refractivity contribution in [3.8, 4) is 22.3 Å². The van der Waals surface area contributed by atoms with Gasteiger partial charge in [0.15, 0.2) is 0 Å². The summed E-state index contributed by atoms with van der Waals surface area (Å²) in [6.45, 7) is 4.97. The number of hydrogen-bond acceptors (Lipinski definition) is 4. The van der Waals surface area contributed by atoms with Gasteiger partial charge in [0.2, 0.25) is 0 Å². The summed E-state index contributed by atoms with van der Waals surface area (Å²) in [5, 5.41) is 22.5. The summed E-state index contributed by atoms with van der Waals surface area (Å²) in [7, 11) is 0. The lowest BCUT2D eigenvalue weighted by molar-refractivity contribution is 0.0429. The fraction of sp³-hybridized carbons (Fsp3) is 0.333. The molecule has 4 aromatic carbocycles. The van der Waals surface area contributed by atoms with Gasteiger partial charge in [-0.3, -0.25) is 9.80 Å². The molecule has 0 bridgehead atoms. The van der Waals surface area contributed by atoms with Crippen molar-refractivity contribution in [1.29, 1.82) is 0 Å². The number of fused-ring (bicyclic) bond motifs is 6. The second kappa shape index (κ2) is 12.5. The lowest BCUT2D eigenvalue weighted by Gasteiger charge is -2.37. The van der Waals surface area contributed by atoms with Crippen LogP contribution in [0.25, 0.3) is 22.3 Å². The molecule has 0 unspecified atom stereocenters. The van der Waals surface area contributed by atoms with Crippen LogP contribution in [0, 0.1) is 0 Å². The second-order valence-corrected chi connectivity index (χ2v) is 14.9. The predicted molar refractivity (Wildman–Crippen MR) is 185 cm³/mol. The normalized spacial score (nSPS) is 19.5. The van der Waals surface area contributed by atoms with Crippen LogP contribution in [-0.2, 0) is 0 Å². The van der Waals surface area contributed by atoms with Crippen LogP contribution in [0.5, 0.6) is 0 Å². The standard InChI is InChI=1S/C36H35Br3N2O2/c37-22-9-10-30-31(15-22)33-16-23(38)17-35(39)36(33)34(30)19-25(43)21-41-13-11-40(12-14-41)20-24(42)18-32-28-7-3-1-5-26(28)27-6-2-4-8-29(27)32/h1-10,15-17,24-25,32,34,42-43H,11-14,18-21H2/t24-,25+,34-/m1/s1. The molecule has 4 aromatic rings. The molecule has 0 radical (unpaired) electrons. The van der Waals surface area contributed by atoms with Gasteiger partial charge in [0.1, 0.15) is 0 Å². The van der Waals surface area contributed by atoms with Crippen LogP contribution in [0.3, 0.4) is 0 Å². The monoisotopic (exact) mass is 764 g/mol. The van der Waals surface area contributed by atoms with E-state index >= 15 is 0 Å². The molecule has 3 atom stereocenters. The molecule has 7 heteroatoms. The van der Waals surface area contributed by atoms with Crippen molar-refractivity contribution in [3.63, 3.8) is 0 Å². The fourth-order valence-corrected chi connectivity index (χ4v) is 9.45. The molecule has 1 fully saturated rings. The van der Waals surface area contributed by atoms with Gasteiger partial charge in [-0.15, -0.1) is 0 Å². The molecule has 2 N–H and O–H groups in total. The van der Waals surface area contributed by atoms with Gasteiger partial charge in [0.25, 0.3) is 0 Å². The SMILES string of the molecule is O[C@H](CC1c2ccccc2-c2ccccc21)CN1CCN(C[C@@H](O)C[C@@H]2c3ccc(Br)cc3-c3cc(Br)cc(Br)c32)CC1. The highest BCUT2D eigenvalue weighted by Crippen LogP contribution is 2.51. The van der Waals surface area contributed by atoms with Gasteiger partial charge in [-0.05, 0) is 81.6 Å². The molecular weight excluding hydrogens is 732 g/mol. The highest BCUT2D eigenvalue weighted by Gasteiger charge is 2.34. The minimum Gasteiger partial charge on any atom is -0.392 e. The summed E-state index contributed by atoms with van der Waals surface area (Å²) in [6, 6.07) is 28.1. The number of hydrogen-bond donors (Lipinski definition) is 2. The Bertz CT molecular complexity index is 1610. The van der Waals surface area contributed by atoms with E-state index < -0.39 is 6.10 Å². The van der Waals surface area contributed by atoms with Gasteiger partial charge in [-0.2, -0.15) is 0 Å².